The molecule has 2 aromatic carbocycles. The standard InChI is InChI=1S/C19H17N3O3/c1-13(23)21-16-6-8-17(9-7-16)22-19(24)15(12-20)10-14-4-3-5-18(11-14)25-2/h3-11H,1-2H3,(H,21,23)(H,22,24)/b15-10+. The zero-order chi connectivity index (χ0) is 18.2. The van der Waals surface area contributed by atoms with Gasteiger partial charge in [0.25, 0.3) is 5.91 Å². The van der Waals surface area contributed by atoms with Gasteiger partial charge in [0.15, 0.2) is 0 Å². The SMILES string of the molecule is COc1cccc(/C=C(\C#N)C(=O)Nc2ccc(NC(C)=O)cc2)c1. The highest BCUT2D eigenvalue weighted by Crippen LogP contribution is 2.17. The van der Waals surface area contributed by atoms with Crippen LogP contribution in [-0.4, -0.2) is 18.9 Å². The number of anilines is 2. The van der Waals surface area contributed by atoms with Crippen molar-refractivity contribution in [2.24, 2.45) is 0 Å². The summed E-state index contributed by atoms with van der Waals surface area (Å²) in [5, 5.41) is 14.5. The van der Waals surface area contributed by atoms with E-state index in [2.05, 4.69) is 10.6 Å². The summed E-state index contributed by atoms with van der Waals surface area (Å²) in [6.07, 6.45) is 1.49. The maximum Gasteiger partial charge on any atom is 0.266 e. The summed E-state index contributed by atoms with van der Waals surface area (Å²) in [6, 6.07) is 15.6. The highest BCUT2D eigenvalue weighted by molar-refractivity contribution is 6.09. The van der Waals surface area contributed by atoms with Gasteiger partial charge in [0, 0.05) is 18.3 Å². The normalized spacial score (nSPS) is 10.5. The van der Waals surface area contributed by atoms with Gasteiger partial charge in [0.2, 0.25) is 5.91 Å². The Labute approximate surface area is 145 Å². The lowest BCUT2D eigenvalue weighted by Gasteiger charge is -2.07. The molecule has 0 atom stereocenters. The highest BCUT2D eigenvalue weighted by Gasteiger charge is 2.10. The Morgan fingerprint density at radius 3 is 2.28 bits per heavy atom. The van der Waals surface area contributed by atoms with E-state index in [0.717, 1.165) is 0 Å². The molecule has 0 heterocycles. The molecule has 2 amide bonds. The number of methoxy groups -OCH3 is 1. The summed E-state index contributed by atoms with van der Waals surface area (Å²) in [4.78, 5) is 23.3. The molecular weight excluding hydrogens is 318 g/mol. The molecular formula is C19H17N3O3. The molecule has 0 aliphatic rings. The molecule has 0 bridgehead atoms. The van der Waals surface area contributed by atoms with Crippen molar-refractivity contribution in [3.63, 3.8) is 0 Å². The minimum absolute atomic E-state index is 0.0285. The molecule has 0 aromatic heterocycles. The van der Waals surface area contributed by atoms with Crippen LogP contribution in [0.2, 0.25) is 0 Å². The van der Waals surface area contributed by atoms with Crippen molar-refractivity contribution in [1.82, 2.24) is 0 Å². The van der Waals surface area contributed by atoms with Crippen molar-refractivity contribution >= 4 is 29.3 Å². The van der Waals surface area contributed by atoms with Crippen LogP contribution >= 0.6 is 0 Å². The number of rotatable bonds is 5. The highest BCUT2D eigenvalue weighted by atomic mass is 16.5. The molecule has 2 aromatic rings. The van der Waals surface area contributed by atoms with Crippen LogP contribution in [0.3, 0.4) is 0 Å². The number of nitrogens with one attached hydrogen (secondary N) is 2. The number of amides is 2. The van der Waals surface area contributed by atoms with E-state index in [9.17, 15) is 14.9 Å². The third kappa shape index (κ3) is 5.22. The second-order valence-electron chi connectivity index (χ2n) is 5.16. The van der Waals surface area contributed by atoms with Crippen molar-refractivity contribution in [1.29, 1.82) is 5.26 Å². The van der Waals surface area contributed by atoms with Gasteiger partial charge in [0.05, 0.1) is 7.11 Å². The topological polar surface area (TPSA) is 91.2 Å². The molecule has 25 heavy (non-hydrogen) atoms. The number of carbonyl (C=O) groups excluding carboxylic acids is 2. The third-order valence-electron chi connectivity index (χ3n) is 3.23. The van der Waals surface area contributed by atoms with E-state index >= 15 is 0 Å². The number of hydrogen-bond acceptors (Lipinski definition) is 4. The maximum absolute atomic E-state index is 12.3. The van der Waals surface area contributed by atoms with E-state index in [4.69, 9.17) is 4.74 Å². The van der Waals surface area contributed by atoms with Gasteiger partial charge in [0.1, 0.15) is 17.4 Å². The van der Waals surface area contributed by atoms with E-state index in [1.165, 1.54) is 13.0 Å². The molecule has 0 spiro atoms. The van der Waals surface area contributed by atoms with Gasteiger partial charge in [-0.05, 0) is 48.0 Å². The molecule has 2 N–H and O–H groups in total. The first-order valence-electron chi connectivity index (χ1n) is 7.46. The van der Waals surface area contributed by atoms with Crippen LogP contribution in [0, 0.1) is 11.3 Å². The van der Waals surface area contributed by atoms with Crippen molar-refractivity contribution < 1.29 is 14.3 Å². The first kappa shape index (κ1) is 17.8. The fourth-order valence-electron chi connectivity index (χ4n) is 2.09. The van der Waals surface area contributed by atoms with Crippen molar-refractivity contribution in [2.45, 2.75) is 6.92 Å². The van der Waals surface area contributed by atoms with Gasteiger partial charge >= 0.3 is 0 Å². The van der Waals surface area contributed by atoms with Crippen molar-refractivity contribution in [2.75, 3.05) is 17.7 Å². The second kappa shape index (κ2) is 8.31. The Morgan fingerprint density at radius 2 is 1.72 bits per heavy atom. The van der Waals surface area contributed by atoms with Crippen molar-refractivity contribution in [3.8, 4) is 11.8 Å². The largest absolute Gasteiger partial charge is 0.497 e. The van der Waals surface area contributed by atoms with E-state index in [1.54, 1.807) is 55.6 Å². The summed E-state index contributed by atoms with van der Waals surface area (Å²) in [6.45, 7) is 1.41. The summed E-state index contributed by atoms with van der Waals surface area (Å²) in [5.74, 6) is -0.0534. The molecule has 2 rings (SSSR count). The van der Waals surface area contributed by atoms with Crippen LogP contribution < -0.4 is 15.4 Å². The predicted molar refractivity (Wildman–Crippen MR) is 96.0 cm³/mol. The molecule has 0 saturated carbocycles. The Bertz CT molecular complexity index is 849. The molecule has 0 aliphatic heterocycles. The number of nitriles is 1. The number of nitrogens with zero attached hydrogens (tertiary/aromatic N) is 1. The lowest BCUT2D eigenvalue weighted by molar-refractivity contribution is -0.114. The first-order chi connectivity index (χ1) is 12.0. The van der Waals surface area contributed by atoms with E-state index in [1.807, 2.05) is 6.07 Å². The zero-order valence-corrected chi connectivity index (χ0v) is 13.9. The molecule has 6 heteroatoms. The Hall–Kier alpha value is -3.59. The predicted octanol–water partition coefficient (Wildman–Crippen LogP) is 3.20. The summed E-state index contributed by atoms with van der Waals surface area (Å²) in [5.41, 5.74) is 1.80. The second-order valence-corrected chi connectivity index (χ2v) is 5.16. The fraction of sp³-hybridized carbons (Fsp3) is 0.105. The minimum atomic E-state index is -0.516. The van der Waals surface area contributed by atoms with Crippen LogP contribution in [0.15, 0.2) is 54.1 Å². The lowest BCUT2D eigenvalue weighted by atomic mass is 10.1. The third-order valence-corrected chi connectivity index (χ3v) is 3.23. The monoisotopic (exact) mass is 335 g/mol. The van der Waals surface area contributed by atoms with E-state index in [0.29, 0.717) is 22.7 Å². The average molecular weight is 335 g/mol. The average Bonchev–Trinajstić information content (AvgIpc) is 2.61. The number of benzene rings is 2. The van der Waals surface area contributed by atoms with Gasteiger partial charge < -0.3 is 15.4 Å². The van der Waals surface area contributed by atoms with Gasteiger partial charge in [-0.25, -0.2) is 0 Å². The smallest absolute Gasteiger partial charge is 0.266 e. The van der Waals surface area contributed by atoms with Crippen LogP contribution in [0.5, 0.6) is 5.75 Å². The first-order valence-corrected chi connectivity index (χ1v) is 7.46. The molecule has 0 saturated heterocycles. The van der Waals surface area contributed by atoms with E-state index in [-0.39, 0.29) is 11.5 Å². The Balaban J connectivity index is 2.13. The fourth-order valence-corrected chi connectivity index (χ4v) is 2.09. The lowest BCUT2D eigenvalue weighted by Crippen LogP contribution is -2.13. The van der Waals surface area contributed by atoms with Gasteiger partial charge in [-0.15, -0.1) is 0 Å². The number of ether oxygens (including phenoxy) is 1. The van der Waals surface area contributed by atoms with Gasteiger partial charge in [-0.2, -0.15) is 5.26 Å². The molecule has 0 radical (unpaired) electrons. The van der Waals surface area contributed by atoms with Crippen LogP contribution in [0.25, 0.3) is 6.08 Å². The van der Waals surface area contributed by atoms with Gasteiger partial charge in [-0.3, -0.25) is 9.59 Å². The molecule has 0 aliphatic carbocycles. The number of hydrogen-bond donors (Lipinski definition) is 2. The molecule has 126 valence electrons. The van der Waals surface area contributed by atoms with E-state index < -0.39 is 5.91 Å². The zero-order valence-electron chi connectivity index (χ0n) is 13.9. The Morgan fingerprint density at radius 1 is 1.08 bits per heavy atom. The number of carbonyl (C=O) groups is 2. The van der Waals surface area contributed by atoms with Crippen molar-refractivity contribution in [3.05, 3.63) is 59.7 Å². The van der Waals surface area contributed by atoms with Gasteiger partial charge in [-0.1, -0.05) is 12.1 Å². The summed E-state index contributed by atoms with van der Waals surface area (Å²) < 4.78 is 5.12. The quantitative estimate of drug-likeness (QED) is 0.648. The van der Waals surface area contributed by atoms with Crippen LogP contribution in [-0.2, 0) is 9.59 Å². The van der Waals surface area contributed by atoms with Crippen LogP contribution in [0.1, 0.15) is 12.5 Å². The molecule has 0 fully saturated rings. The summed E-state index contributed by atoms with van der Waals surface area (Å²) in [7, 11) is 1.55. The van der Waals surface area contributed by atoms with Crippen LogP contribution in [0.4, 0.5) is 11.4 Å². The summed E-state index contributed by atoms with van der Waals surface area (Å²) >= 11 is 0. The molecule has 6 nitrogen and oxygen atoms in total. The maximum atomic E-state index is 12.3. The Kier molecular flexibility index (Phi) is 5.91. The molecule has 0 unspecified atom stereocenters. The minimum Gasteiger partial charge on any atom is -0.497 e.